The molecule has 7 nitrogen and oxygen atoms in total. The van der Waals surface area contributed by atoms with Crippen LogP contribution in [0.5, 0.6) is 0 Å². The highest BCUT2D eigenvalue weighted by Gasteiger charge is 2.22. The third-order valence-corrected chi connectivity index (χ3v) is 4.24. The first kappa shape index (κ1) is 18.8. The molecule has 0 aliphatic carbocycles. The summed E-state index contributed by atoms with van der Waals surface area (Å²) in [6.45, 7) is 1.09. The second-order valence-electron chi connectivity index (χ2n) is 5.75. The molecule has 1 aromatic carbocycles. The lowest BCUT2D eigenvalue weighted by atomic mass is 10.0. The Morgan fingerprint density at radius 2 is 1.93 bits per heavy atom. The molecule has 0 aliphatic rings. The van der Waals surface area contributed by atoms with Gasteiger partial charge in [-0.3, -0.25) is 14.6 Å². The van der Waals surface area contributed by atoms with Gasteiger partial charge in [-0.2, -0.15) is 5.10 Å². The number of carbonyl (C=O) groups is 1. The van der Waals surface area contributed by atoms with Gasteiger partial charge in [0.05, 0.1) is 29.4 Å². The second kappa shape index (κ2) is 8.11. The molecule has 0 amide bonds. The van der Waals surface area contributed by atoms with Crippen molar-refractivity contribution in [3.63, 3.8) is 0 Å². The molecule has 0 fully saturated rings. The smallest absolute Gasteiger partial charge is 0.291 e. The maximum atomic E-state index is 12.9. The van der Waals surface area contributed by atoms with E-state index < -0.39 is 5.56 Å². The monoisotopic (exact) mass is 384 g/mol. The zero-order valence-electron chi connectivity index (χ0n) is 14.5. The van der Waals surface area contributed by atoms with E-state index in [2.05, 4.69) is 15.4 Å². The molecule has 27 heavy (non-hydrogen) atoms. The van der Waals surface area contributed by atoms with E-state index in [1.165, 1.54) is 6.92 Å². The summed E-state index contributed by atoms with van der Waals surface area (Å²) in [5.41, 5.74) is 1.14. The summed E-state index contributed by atoms with van der Waals surface area (Å²) in [5.74, 6) is -0.322. The van der Waals surface area contributed by atoms with Crippen LogP contribution in [0.25, 0.3) is 11.3 Å². The summed E-state index contributed by atoms with van der Waals surface area (Å²) < 4.78 is 1.13. The van der Waals surface area contributed by atoms with Gasteiger partial charge in [-0.1, -0.05) is 23.7 Å². The van der Waals surface area contributed by atoms with Gasteiger partial charge in [0.1, 0.15) is 11.4 Å². The number of carbonyl (C=O) groups excluding carboxylic acids is 1. The number of pyridine rings is 1. The fourth-order valence-electron chi connectivity index (χ4n) is 2.68. The van der Waals surface area contributed by atoms with Crippen LogP contribution in [0.4, 0.5) is 11.4 Å². The van der Waals surface area contributed by atoms with Crippen molar-refractivity contribution in [1.29, 1.82) is 0 Å². The van der Waals surface area contributed by atoms with Crippen molar-refractivity contribution in [3.8, 4) is 11.3 Å². The molecule has 0 saturated carbocycles. The average Bonchev–Trinajstić information content (AvgIpc) is 2.67. The molecule has 0 spiro atoms. The molecule has 0 atom stereocenters. The van der Waals surface area contributed by atoms with Crippen LogP contribution in [0, 0.1) is 0 Å². The Morgan fingerprint density at radius 3 is 2.56 bits per heavy atom. The first-order valence-electron chi connectivity index (χ1n) is 8.21. The van der Waals surface area contributed by atoms with Crippen molar-refractivity contribution in [2.75, 3.05) is 11.9 Å². The number of para-hydroxylation sites is 1. The molecular formula is C19H17ClN4O3. The van der Waals surface area contributed by atoms with Crippen LogP contribution in [0.1, 0.15) is 17.3 Å². The number of anilines is 2. The van der Waals surface area contributed by atoms with Crippen molar-refractivity contribution in [3.05, 3.63) is 69.7 Å². The molecule has 0 saturated heterocycles. The van der Waals surface area contributed by atoms with Gasteiger partial charge in [0.15, 0.2) is 5.78 Å². The highest BCUT2D eigenvalue weighted by Crippen LogP contribution is 2.29. The molecule has 138 valence electrons. The van der Waals surface area contributed by atoms with Crippen molar-refractivity contribution < 1.29 is 9.90 Å². The Balaban J connectivity index is 2.29. The van der Waals surface area contributed by atoms with Crippen molar-refractivity contribution >= 4 is 28.8 Å². The highest BCUT2D eigenvalue weighted by molar-refractivity contribution is 6.33. The van der Waals surface area contributed by atoms with Gasteiger partial charge in [-0.15, -0.1) is 0 Å². The van der Waals surface area contributed by atoms with E-state index in [4.69, 9.17) is 11.6 Å². The third kappa shape index (κ3) is 3.89. The van der Waals surface area contributed by atoms with Gasteiger partial charge in [-0.25, -0.2) is 4.68 Å². The molecule has 2 N–H and O–H groups in total. The number of nitrogens with one attached hydrogen (secondary N) is 1. The van der Waals surface area contributed by atoms with Gasteiger partial charge in [0.25, 0.3) is 5.56 Å². The predicted octanol–water partition coefficient (Wildman–Crippen LogP) is 2.90. The Kier molecular flexibility index (Phi) is 5.63. The van der Waals surface area contributed by atoms with E-state index >= 15 is 0 Å². The van der Waals surface area contributed by atoms with Crippen molar-refractivity contribution in [2.24, 2.45) is 0 Å². The molecule has 2 aromatic heterocycles. The van der Waals surface area contributed by atoms with Crippen LogP contribution in [-0.2, 0) is 6.54 Å². The molecule has 0 bridgehead atoms. The minimum Gasteiger partial charge on any atom is -0.394 e. The highest BCUT2D eigenvalue weighted by atomic mass is 35.5. The van der Waals surface area contributed by atoms with E-state index in [1.807, 2.05) is 0 Å². The number of aliphatic hydroxyl groups is 1. The SMILES string of the molecule is CC(=O)c1c(-c2ccncc2)nn(CCO)c(=O)c1Nc1ccccc1Cl. The summed E-state index contributed by atoms with van der Waals surface area (Å²) in [5, 5.41) is 17.0. The number of aromatic nitrogens is 3. The van der Waals surface area contributed by atoms with E-state index in [0.717, 1.165) is 4.68 Å². The lowest BCUT2D eigenvalue weighted by Gasteiger charge is -2.16. The minimum absolute atomic E-state index is 0.00764. The molecule has 3 aromatic rings. The maximum absolute atomic E-state index is 12.9. The van der Waals surface area contributed by atoms with Gasteiger partial charge >= 0.3 is 0 Å². The minimum atomic E-state index is -0.521. The Morgan fingerprint density at radius 1 is 1.22 bits per heavy atom. The zero-order chi connectivity index (χ0) is 19.4. The van der Waals surface area contributed by atoms with Gasteiger partial charge in [-0.05, 0) is 31.2 Å². The van der Waals surface area contributed by atoms with Crippen LogP contribution in [0.15, 0.2) is 53.6 Å². The number of Topliss-reactive ketones (excluding diaryl/α,β-unsaturated/α-hetero) is 1. The summed E-state index contributed by atoms with van der Waals surface area (Å²) in [7, 11) is 0. The summed E-state index contributed by atoms with van der Waals surface area (Å²) in [4.78, 5) is 29.3. The van der Waals surface area contributed by atoms with Gasteiger partial charge in [0.2, 0.25) is 0 Å². The molecule has 0 radical (unpaired) electrons. The molecular weight excluding hydrogens is 368 g/mol. The molecule has 2 heterocycles. The van der Waals surface area contributed by atoms with Gasteiger partial charge < -0.3 is 10.4 Å². The first-order valence-corrected chi connectivity index (χ1v) is 8.59. The Labute approximate surface area is 160 Å². The predicted molar refractivity (Wildman–Crippen MR) is 104 cm³/mol. The quantitative estimate of drug-likeness (QED) is 0.634. The fraction of sp³-hybridized carbons (Fsp3) is 0.158. The van der Waals surface area contributed by atoms with Crippen LogP contribution >= 0.6 is 11.6 Å². The van der Waals surface area contributed by atoms with E-state index in [-0.39, 0.29) is 30.2 Å². The average molecular weight is 385 g/mol. The van der Waals surface area contributed by atoms with Gasteiger partial charge in [0, 0.05) is 18.0 Å². The van der Waals surface area contributed by atoms with E-state index in [9.17, 15) is 14.7 Å². The lowest BCUT2D eigenvalue weighted by Crippen LogP contribution is -2.29. The first-order chi connectivity index (χ1) is 13.0. The van der Waals surface area contributed by atoms with Crippen LogP contribution < -0.4 is 10.9 Å². The molecule has 3 rings (SSSR count). The summed E-state index contributed by atoms with van der Waals surface area (Å²) in [6.07, 6.45) is 3.15. The normalized spacial score (nSPS) is 10.6. The maximum Gasteiger partial charge on any atom is 0.291 e. The second-order valence-corrected chi connectivity index (χ2v) is 6.15. The molecule has 8 heteroatoms. The summed E-state index contributed by atoms with van der Waals surface area (Å²) >= 11 is 6.20. The third-order valence-electron chi connectivity index (χ3n) is 3.91. The number of nitrogens with zero attached hydrogens (tertiary/aromatic N) is 3. The topological polar surface area (TPSA) is 97.1 Å². The largest absolute Gasteiger partial charge is 0.394 e. The van der Waals surface area contributed by atoms with E-state index in [1.54, 1.807) is 48.8 Å². The molecule has 0 aliphatic heterocycles. The number of rotatable bonds is 6. The van der Waals surface area contributed by atoms with Crippen LogP contribution in [0.3, 0.4) is 0 Å². The van der Waals surface area contributed by atoms with Crippen molar-refractivity contribution in [2.45, 2.75) is 13.5 Å². The number of hydrogen-bond donors (Lipinski definition) is 2. The Hall–Kier alpha value is -3.03. The fourth-order valence-corrected chi connectivity index (χ4v) is 2.87. The number of halogens is 1. The number of ketones is 1. The number of benzene rings is 1. The van der Waals surface area contributed by atoms with E-state index in [0.29, 0.717) is 22.0 Å². The van der Waals surface area contributed by atoms with Crippen LogP contribution in [-0.4, -0.2) is 32.3 Å². The van der Waals surface area contributed by atoms with Crippen molar-refractivity contribution in [1.82, 2.24) is 14.8 Å². The Bertz CT molecular complexity index is 1030. The number of hydrogen-bond acceptors (Lipinski definition) is 6. The standard InChI is InChI=1S/C19H17ClN4O3/c1-12(26)16-17(13-6-8-21-9-7-13)23-24(10-11-25)19(27)18(16)22-15-5-3-2-4-14(15)20/h2-9,22,25H,10-11H2,1H3. The summed E-state index contributed by atoms with van der Waals surface area (Å²) in [6, 6.07) is 10.3. The van der Waals surface area contributed by atoms with Crippen LogP contribution in [0.2, 0.25) is 5.02 Å². The zero-order valence-corrected chi connectivity index (χ0v) is 15.3. The molecule has 0 unspecified atom stereocenters. The lowest BCUT2D eigenvalue weighted by molar-refractivity contribution is 0.101. The number of aliphatic hydroxyl groups excluding tert-OH is 1.